The molecule has 25 heavy (non-hydrogen) atoms. The molecule has 2 aromatic rings. The van der Waals surface area contributed by atoms with Crippen LogP contribution in [0.3, 0.4) is 0 Å². The van der Waals surface area contributed by atoms with Crippen molar-refractivity contribution in [3.05, 3.63) is 59.9 Å². The van der Waals surface area contributed by atoms with Gasteiger partial charge in [0.05, 0.1) is 6.54 Å². The Kier molecular flexibility index (Phi) is 6.64. The van der Waals surface area contributed by atoms with E-state index in [-0.39, 0.29) is 12.5 Å². The molecule has 1 heterocycles. The van der Waals surface area contributed by atoms with Crippen molar-refractivity contribution in [2.75, 3.05) is 26.7 Å². The minimum absolute atomic E-state index is 0.223. The highest BCUT2D eigenvalue weighted by Gasteiger charge is 2.28. The fourth-order valence-electron chi connectivity index (χ4n) is 2.56. The van der Waals surface area contributed by atoms with Gasteiger partial charge in [0.15, 0.2) is 0 Å². The van der Waals surface area contributed by atoms with Crippen molar-refractivity contribution in [2.24, 2.45) is 0 Å². The Morgan fingerprint density at radius 1 is 1.16 bits per heavy atom. The second kappa shape index (κ2) is 8.71. The Bertz CT molecular complexity index is 668. The molecule has 2 rings (SSSR count). The summed E-state index contributed by atoms with van der Waals surface area (Å²) in [6.07, 6.45) is -1.91. The van der Waals surface area contributed by atoms with E-state index < -0.39 is 12.7 Å². The molecule has 0 unspecified atom stereocenters. The number of benzene rings is 1. The number of rotatable bonds is 8. The zero-order chi connectivity index (χ0) is 18.3. The van der Waals surface area contributed by atoms with Crippen molar-refractivity contribution < 1.29 is 18.0 Å². The summed E-state index contributed by atoms with van der Waals surface area (Å²) < 4.78 is 38.6. The first-order valence-electron chi connectivity index (χ1n) is 8.08. The number of halogens is 3. The van der Waals surface area contributed by atoms with E-state index >= 15 is 0 Å². The zero-order valence-electron chi connectivity index (χ0n) is 14.1. The lowest BCUT2D eigenvalue weighted by atomic mass is 10.2. The Labute approximate surface area is 145 Å². The molecule has 7 heteroatoms. The summed E-state index contributed by atoms with van der Waals surface area (Å²) in [5.74, 6) is -0.223. The van der Waals surface area contributed by atoms with Crippen molar-refractivity contribution >= 4 is 5.91 Å². The van der Waals surface area contributed by atoms with Crippen LogP contribution in [0.2, 0.25) is 0 Å². The topological polar surface area (TPSA) is 37.3 Å². The van der Waals surface area contributed by atoms with E-state index in [0.717, 1.165) is 5.56 Å². The molecule has 0 aliphatic carbocycles. The van der Waals surface area contributed by atoms with Crippen LogP contribution in [0.5, 0.6) is 0 Å². The molecule has 1 amide bonds. The van der Waals surface area contributed by atoms with Crippen LogP contribution in [0.1, 0.15) is 22.5 Å². The average Bonchev–Trinajstić information content (AvgIpc) is 2.99. The molecule has 1 aromatic heterocycles. The van der Waals surface area contributed by atoms with Crippen LogP contribution >= 0.6 is 0 Å². The Morgan fingerprint density at radius 3 is 2.56 bits per heavy atom. The fourth-order valence-corrected chi connectivity index (χ4v) is 2.56. The normalized spacial score (nSPS) is 11.7. The number of hydrogen-bond acceptors (Lipinski definition) is 2. The van der Waals surface area contributed by atoms with Gasteiger partial charge in [-0.25, -0.2) is 0 Å². The molecule has 0 fully saturated rings. The minimum Gasteiger partial charge on any atom is -0.351 e. The molecule has 4 nitrogen and oxygen atoms in total. The summed E-state index contributed by atoms with van der Waals surface area (Å²) in [6, 6.07) is 13.3. The molecule has 1 aromatic carbocycles. The number of carbonyl (C=O) groups excluding carboxylic acids is 1. The molecule has 0 aliphatic heterocycles. The molecule has 0 bridgehead atoms. The van der Waals surface area contributed by atoms with Gasteiger partial charge in [-0.3, -0.25) is 9.69 Å². The van der Waals surface area contributed by atoms with Crippen LogP contribution in [-0.2, 0) is 6.54 Å². The van der Waals surface area contributed by atoms with Crippen molar-refractivity contribution in [2.45, 2.75) is 19.1 Å². The van der Waals surface area contributed by atoms with Gasteiger partial charge in [-0.1, -0.05) is 30.3 Å². The SMILES string of the molecule is CN(CCCNC(=O)c1cccn1Cc1ccccc1)CC(F)(F)F. The van der Waals surface area contributed by atoms with Crippen molar-refractivity contribution in [1.82, 2.24) is 14.8 Å². The predicted molar refractivity (Wildman–Crippen MR) is 90.5 cm³/mol. The van der Waals surface area contributed by atoms with E-state index in [1.54, 1.807) is 12.1 Å². The quantitative estimate of drug-likeness (QED) is 0.741. The van der Waals surface area contributed by atoms with E-state index in [1.165, 1.54) is 11.9 Å². The molecule has 0 spiro atoms. The Hall–Kier alpha value is -2.28. The molecular formula is C18H22F3N3O. The van der Waals surface area contributed by atoms with Gasteiger partial charge < -0.3 is 9.88 Å². The molecule has 136 valence electrons. The van der Waals surface area contributed by atoms with Crippen LogP contribution in [0, 0.1) is 0 Å². The summed E-state index contributed by atoms with van der Waals surface area (Å²) in [5, 5.41) is 2.76. The first-order chi connectivity index (χ1) is 11.8. The van der Waals surface area contributed by atoms with Gasteiger partial charge in [0.25, 0.3) is 5.91 Å². The molecule has 0 saturated carbocycles. The van der Waals surface area contributed by atoms with Crippen molar-refractivity contribution in [1.29, 1.82) is 0 Å². The number of alkyl halides is 3. The number of aromatic nitrogens is 1. The zero-order valence-corrected chi connectivity index (χ0v) is 14.1. The van der Waals surface area contributed by atoms with Crippen LogP contribution in [-0.4, -0.2) is 48.2 Å². The lowest BCUT2D eigenvalue weighted by molar-refractivity contribution is -0.143. The largest absolute Gasteiger partial charge is 0.401 e. The number of hydrogen-bond donors (Lipinski definition) is 1. The van der Waals surface area contributed by atoms with E-state index in [4.69, 9.17) is 0 Å². The highest BCUT2D eigenvalue weighted by atomic mass is 19.4. The number of nitrogens with one attached hydrogen (secondary N) is 1. The lowest BCUT2D eigenvalue weighted by Gasteiger charge is -2.18. The number of carbonyl (C=O) groups is 1. The molecule has 0 saturated heterocycles. The van der Waals surface area contributed by atoms with Crippen molar-refractivity contribution in [3.63, 3.8) is 0 Å². The van der Waals surface area contributed by atoms with E-state index in [9.17, 15) is 18.0 Å². The second-order valence-corrected chi connectivity index (χ2v) is 5.97. The smallest absolute Gasteiger partial charge is 0.351 e. The summed E-state index contributed by atoms with van der Waals surface area (Å²) in [5.41, 5.74) is 1.62. The minimum atomic E-state index is -4.20. The average molecular weight is 353 g/mol. The van der Waals surface area contributed by atoms with Crippen molar-refractivity contribution in [3.8, 4) is 0 Å². The molecular weight excluding hydrogens is 331 g/mol. The second-order valence-electron chi connectivity index (χ2n) is 5.97. The summed E-state index contributed by atoms with van der Waals surface area (Å²) in [4.78, 5) is 13.5. The highest BCUT2D eigenvalue weighted by molar-refractivity contribution is 5.92. The maximum absolute atomic E-state index is 12.3. The fraction of sp³-hybridized carbons (Fsp3) is 0.389. The monoisotopic (exact) mass is 353 g/mol. The van der Waals surface area contributed by atoms with Gasteiger partial charge in [0.2, 0.25) is 0 Å². The van der Waals surface area contributed by atoms with Gasteiger partial charge in [0, 0.05) is 19.3 Å². The van der Waals surface area contributed by atoms with Gasteiger partial charge in [-0.2, -0.15) is 13.2 Å². The van der Waals surface area contributed by atoms with Crippen LogP contribution in [0.15, 0.2) is 48.7 Å². The van der Waals surface area contributed by atoms with E-state index in [2.05, 4.69) is 5.32 Å². The highest BCUT2D eigenvalue weighted by Crippen LogP contribution is 2.15. The number of nitrogens with zero attached hydrogens (tertiary/aromatic N) is 2. The third kappa shape index (κ3) is 6.62. The predicted octanol–water partition coefficient (Wildman–Crippen LogP) is 3.15. The maximum Gasteiger partial charge on any atom is 0.401 e. The lowest BCUT2D eigenvalue weighted by Crippen LogP contribution is -2.34. The first kappa shape index (κ1) is 19.1. The molecule has 0 aliphatic rings. The molecule has 1 N–H and O–H groups in total. The third-order valence-corrected chi connectivity index (χ3v) is 3.71. The Morgan fingerprint density at radius 2 is 1.88 bits per heavy atom. The van der Waals surface area contributed by atoms with Gasteiger partial charge >= 0.3 is 6.18 Å². The first-order valence-corrected chi connectivity index (χ1v) is 8.08. The summed E-state index contributed by atoms with van der Waals surface area (Å²) in [7, 11) is 1.42. The Balaban J connectivity index is 1.79. The molecule has 0 atom stereocenters. The standard InChI is InChI=1S/C18H22F3N3O/c1-23(14-18(19,20)21)11-6-10-22-17(25)16-9-5-12-24(16)13-15-7-3-2-4-8-15/h2-5,7-9,12H,6,10-11,13-14H2,1H3,(H,22,25). The van der Waals surface area contributed by atoms with E-state index in [0.29, 0.717) is 25.2 Å². The molecule has 0 radical (unpaired) electrons. The summed E-state index contributed by atoms with van der Waals surface area (Å²) >= 11 is 0. The maximum atomic E-state index is 12.3. The number of amides is 1. The van der Waals surface area contributed by atoms with Gasteiger partial charge in [-0.15, -0.1) is 0 Å². The van der Waals surface area contributed by atoms with Gasteiger partial charge in [0.1, 0.15) is 5.69 Å². The summed E-state index contributed by atoms with van der Waals surface area (Å²) in [6.45, 7) is 0.244. The van der Waals surface area contributed by atoms with Crippen LogP contribution in [0.25, 0.3) is 0 Å². The van der Waals surface area contributed by atoms with Crippen LogP contribution in [0.4, 0.5) is 13.2 Å². The van der Waals surface area contributed by atoms with E-state index in [1.807, 2.05) is 41.1 Å². The third-order valence-electron chi connectivity index (χ3n) is 3.71. The van der Waals surface area contributed by atoms with Crippen LogP contribution < -0.4 is 5.32 Å². The van der Waals surface area contributed by atoms with Gasteiger partial charge in [-0.05, 0) is 37.7 Å².